The number of anilines is 3. The van der Waals surface area contributed by atoms with Crippen molar-refractivity contribution in [3.8, 4) is 34.5 Å². The second kappa shape index (κ2) is 8.69. The Kier molecular flexibility index (Phi) is 5.42. The Hall–Kier alpha value is -2.86. The van der Waals surface area contributed by atoms with Crippen LogP contribution in [0.5, 0.6) is 34.5 Å². The van der Waals surface area contributed by atoms with E-state index in [-0.39, 0.29) is 31.6 Å². The normalized spacial score (nSPS) is 17.4. The van der Waals surface area contributed by atoms with Gasteiger partial charge in [-0.25, -0.2) is 0 Å². The summed E-state index contributed by atoms with van der Waals surface area (Å²) in [6.45, 7) is 8.16. The SMILES string of the molecule is Cc1ccc(N2c3ccc(C)c4[c]3[Bi]35([O]c6c(Cl)c(Cl)c(Cl)c(Cl)c6[O]3)[c]3c(cc(C)cc3Oc3c(C)ccc2[c]35)O4)cc1. The second-order valence-corrected chi connectivity index (χ2v) is 27.3. The Morgan fingerprint density at radius 2 is 1.00 bits per heavy atom. The maximum atomic E-state index is 7.55. The molecule has 0 aliphatic carbocycles. The summed E-state index contributed by atoms with van der Waals surface area (Å²) in [5.41, 5.74) is 6.76. The maximum absolute atomic E-state index is 7.55. The molecule has 0 amide bonds. The molecular formula is C34H22BiCl4NO4. The minimum atomic E-state index is -6.02. The fourth-order valence-corrected chi connectivity index (χ4v) is 30.5. The van der Waals surface area contributed by atoms with Gasteiger partial charge in [0.2, 0.25) is 0 Å². The van der Waals surface area contributed by atoms with E-state index in [1.807, 2.05) is 32.9 Å². The molecule has 0 unspecified atom stereocenters. The number of hydrogen-bond donors (Lipinski definition) is 0. The summed E-state index contributed by atoms with van der Waals surface area (Å²) in [7, 11) is 0. The van der Waals surface area contributed by atoms with E-state index in [2.05, 4.69) is 60.4 Å². The van der Waals surface area contributed by atoms with Gasteiger partial charge in [0.05, 0.1) is 0 Å². The number of fused-ring (bicyclic) bond motifs is 1. The van der Waals surface area contributed by atoms with Crippen molar-refractivity contribution in [1.82, 2.24) is 0 Å². The standard InChI is InChI=1S/C28H22NO2.C6H2Cl4O2.Bi/c1-18-5-9-22(10-6-18)29-23-11-7-20(3)27(15-23)30-25-13-19(2)14-26(17-25)31-28-16-24(29)12-8-21(28)4;7-1-2(8)4(10)6(12)5(11)3(1)9;/h5-14H,1-4H3;11-12H;/q;;+2/p-2. The molecule has 5 aromatic carbocycles. The second-order valence-electron chi connectivity index (χ2n) is 11.7. The van der Waals surface area contributed by atoms with Crippen molar-refractivity contribution in [2.24, 2.45) is 0 Å². The van der Waals surface area contributed by atoms with E-state index in [1.165, 1.54) is 0 Å². The van der Waals surface area contributed by atoms with Crippen LogP contribution in [0, 0.1) is 27.7 Å². The van der Waals surface area contributed by atoms with Crippen molar-refractivity contribution >= 4 is 92.9 Å². The van der Waals surface area contributed by atoms with E-state index in [1.54, 1.807) is 0 Å². The van der Waals surface area contributed by atoms with Crippen LogP contribution in [0.2, 0.25) is 20.1 Å². The number of ether oxygens (including phenoxy) is 2. The van der Waals surface area contributed by atoms with Crippen LogP contribution in [0.4, 0.5) is 17.1 Å². The van der Waals surface area contributed by atoms with Gasteiger partial charge in [-0.15, -0.1) is 0 Å². The van der Waals surface area contributed by atoms with Crippen molar-refractivity contribution in [3.63, 3.8) is 0 Å². The molecule has 0 radical (unpaired) electrons. The molecule has 9 rings (SSSR count). The number of benzene rings is 5. The molecular weight excluding hydrogens is 837 g/mol. The molecule has 0 aromatic heterocycles. The molecule has 0 N–H and O–H groups in total. The Morgan fingerprint density at radius 1 is 0.523 bits per heavy atom. The Labute approximate surface area is 276 Å². The molecule has 10 heteroatoms. The van der Waals surface area contributed by atoms with E-state index >= 15 is 0 Å². The Bertz CT molecular complexity index is 2070. The third-order valence-corrected chi connectivity index (χ3v) is 29.4. The molecule has 0 bridgehead atoms. The molecule has 4 aliphatic rings. The molecule has 0 fully saturated rings. The number of hydrogen-bond acceptors (Lipinski definition) is 5. The average Bonchev–Trinajstić information content (AvgIpc) is 3.35. The van der Waals surface area contributed by atoms with E-state index in [0.29, 0.717) is 23.0 Å². The third-order valence-electron chi connectivity index (χ3n) is 8.93. The van der Waals surface area contributed by atoms with Gasteiger partial charge < -0.3 is 0 Å². The topological polar surface area (TPSA) is 40.2 Å². The molecule has 5 aromatic rings. The molecule has 0 saturated heterocycles. The van der Waals surface area contributed by atoms with Gasteiger partial charge >= 0.3 is 278 Å². The first-order valence-corrected chi connectivity index (χ1v) is 23.6. The summed E-state index contributed by atoms with van der Waals surface area (Å²) in [4.78, 5) is 2.23. The molecule has 4 heterocycles. The van der Waals surface area contributed by atoms with Crippen molar-refractivity contribution in [2.75, 3.05) is 4.90 Å². The Balaban J connectivity index is 1.54. The van der Waals surface area contributed by atoms with Gasteiger partial charge in [-0.1, -0.05) is 0 Å². The number of aryl methyl sites for hydroxylation is 4. The summed E-state index contributed by atoms with van der Waals surface area (Å²) < 4.78 is 31.3. The summed E-state index contributed by atoms with van der Waals surface area (Å²) in [5, 5.41) is 0.515. The molecule has 1 spiro atoms. The zero-order valence-electron chi connectivity index (χ0n) is 23.8. The summed E-state index contributed by atoms with van der Waals surface area (Å²) in [6, 6.07) is 20.8. The minimum absolute atomic E-state index is 0.109. The first kappa shape index (κ1) is 27.5. The summed E-state index contributed by atoms with van der Waals surface area (Å²) in [6.07, 6.45) is 0. The van der Waals surface area contributed by atoms with Gasteiger partial charge in [-0.3, -0.25) is 0 Å². The predicted molar refractivity (Wildman–Crippen MR) is 179 cm³/mol. The molecule has 0 atom stereocenters. The molecule has 220 valence electrons. The molecule has 44 heavy (non-hydrogen) atoms. The zero-order valence-corrected chi connectivity index (χ0v) is 30.3. The summed E-state index contributed by atoms with van der Waals surface area (Å²) in [5.74, 6) is 3.18. The van der Waals surface area contributed by atoms with Gasteiger partial charge in [-0.05, 0) is 0 Å². The molecule has 0 saturated carbocycles. The molecule has 4 aliphatic heterocycles. The van der Waals surface area contributed by atoms with Gasteiger partial charge in [0.1, 0.15) is 0 Å². The van der Waals surface area contributed by atoms with Crippen LogP contribution in [0.25, 0.3) is 0 Å². The average molecular weight is 859 g/mol. The van der Waals surface area contributed by atoms with E-state index in [4.69, 9.17) is 61.5 Å². The third kappa shape index (κ3) is 3.03. The van der Waals surface area contributed by atoms with Crippen molar-refractivity contribution in [3.05, 3.63) is 103 Å². The fraction of sp³-hybridized carbons (Fsp3) is 0.118. The van der Waals surface area contributed by atoms with E-state index < -0.39 is 19.7 Å². The van der Waals surface area contributed by atoms with Crippen LogP contribution in [0.15, 0.2) is 60.7 Å². The van der Waals surface area contributed by atoms with Gasteiger partial charge in [0.25, 0.3) is 0 Å². The first-order chi connectivity index (χ1) is 21.0. The van der Waals surface area contributed by atoms with Crippen molar-refractivity contribution in [1.29, 1.82) is 0 Å². The van der Waals surface area contributed by atoms with Crippen molar-refractivity contribution in [2.45, 2.75) is 27.7 Å². The predicted octanol–water partition coefficient (Wildman–Crippen LogP) is 9.42. The zero-order chi connectivity index (χ0) is 30.5. The van der Waals surface area contributed by atoms with Crippen LogP contribution in [-0.2, 0) is 0 Å². The molecule has 5 nitrogen and oxygen atoms in total. The quantitative estimate of drug-likeness (QED) is 0.0937. The van der Waals surface area contributed by atoms with Crippen LogP contribution < -0.4 is 29.8 Å². The van der Waals surface area contributed by atoms with Crippen molar-refractivity contribution < 1.29 is 15.1 Å². The number of rotatable bonds is 1. The van der Waals surface area contributed by atoms with Crippen LogP contribution >= 0.6 is 46.4 Å². The number of nitrogens with zero attached hydrogens (tertiary/aromatic N) is 1. The van der Waals surface area contributed by atoms with Crippen LogP contribution in [0.3, 0.4) is 0 Å². The summed E-state index contributed by atoms with van der Waals surface area (Å²) >= 11 is 21.1. The monoisotopic (exact) mass is 857 g/mol. The first-order valence-electron chi connectivity index (χ1n) is 14.0. The van der Waals surface area contributed by atoms with Gasteiger partial charge in [-0.2, -0.15) is 0 Å². The Morgan fingerprint density at radius 3 is 1.48 bits per heavy atom. The van der Waals surface area contributed by atoms with Crippen LogP contribution in [-0.4, -0.2) is 19.7 Å². The van der Waals surface area contributed by atoms with Gasteiger partial charge in [0.15, 0.2) is 0 Å². The van der Waals surface area contributed by atoms with Crippen LogP contribution in [0.1, 0.15) is 22.3 Å². The fourth-order valence-electron chi connectivity index (χ4n) is 7.05. The van der Waals surface area contributed by atoms with E-state index in [9.17, 15) is 0 Å². The van der Waals surface area contributed by atoms with Gasteiger partial charge in [0, 0.05) is 0 Å². The van der Waals surface area contributed by atoms with E-state index in [0.717, 1.165) is 49.1 Å². The number of halogens is 4.